The van der Waals surface area contributed by atoms with Gasteiger partial charge in [0.2, 0.25) is 0 Å². The number of amides is 1. The highest BCUT2D eigenvalue weighted by molar-refractivity contribution is 7.98. The molecule has 0 fully saturated rings. The first-order chi connectivity index (χ1) is 10.4. The molecule has 0 saturated heterocycles. The molecular weight excluding hydrogens is 318 g/mol. The Morgan fingerprint density at radius 3 is 2.14 bits per heavy atom. The van der Waals surface area contributed by atoms with Crippen LogP contribution in [0.15, 0.2) is 53.4 Å². The first-order valence-corrected chi connectivity index (χ1v) is 9.88. The number of thioether (sulfide) groups is 1. The van der Waals surface area contributed by atoms with Crippen molar-refractivity contribution in [2.45, 2.75) is 10.6 Å². The predicted molar refractivity (Wildman–Crippen MR) is 91.2 cm³/mol. The summed E-state index contributed by atoms with van der Waals surface area (Å²) in [6.07, 6.45) is 3.18. The summed E-state index contributed by atoms with van der Waals surface area (Å²) in [6.45, 7) is 0. The van der Waals surface area contributed by atoms with E-state index in [1.807, 2.05) is 30.5 Å². The molecule has 0 aliphatic rings. The third kappa shape index (κ3) is 4.89. The fourth-order valence-corrected chi connectivity index (χ4v) is 3.14. The van der Waals surface area contributed by atoms with Gasteiger partial charge in [0.1, 0.15) is 0 Å². The van der Waals surface area contributed by atoms with E-state index in [-0.39, 0.29) is 11.7 Å². The summed E-state index contributed by atoms with van der Waals surface area (Å²) in [5.74, 6) is -0.242. The maximum atomic E-state index is 12.1. The highest BCUT2D eigenvalue weighted by atomic mass is 32.2. The van der Waals surface area contributed by atoms with Gasteiger partial charge in [-0.25, -0.2) is 8.42 Å². The number of anilines is 1. The summed E-state index contributed by atoms with van der Waals surface area (Å²) in [4.78, 5) is 13.3. The third-order valence-electron chi connectivity index (χ3n) is 2.99. The van der Waals surface area contributed by atoms with E-state index in [4.69, 9.17) is 0 Å². The lowest BCUT2D eigenvalue weighted by Gasteiger charge is -2.07. The van der Waals surface area contributed by atoms with Crippen LogP contribution in [0.2, 0.25) is 0 Å². The summed E-state index contributed by atoms with van der Waals surface area (Å²) in [6, 6.07) is 14.2. The van der Waals surface area contributed by atoms with Crippen LogP contribution < -0.4 is 5.32 Å². The average Bonchev–Trinajstić information content (AvgIpc) is 2.47. The zero-order chi connectivity index (χ0) is 16.2. The maximum Gasteiger partial charge on any atom is 0.255 e. The summed E-state index contributed by atoms with van der Waals surface area (Å²) in [7, 11) is -3.07. The Labute approximate surface area is 134 Å². The van der Waals surface area contributed by atoms with Gasteiger partial charge in [-0.05, 0) is 48.2 Å². The van der Waals surface area contributed by atoms with Crippen molar-refractivity contribution >= 4 is 33.2 Å². The van der Waals surface area contributed by atoms with Crippen LogP contribution >= 0.6 is 11.8 Å². The van der Waals surface area contributed by atoms with E-state index in [0.717, 1.165) is 10.6 Å². The normalized spacial score (nSPS) is 11.2. The second kappa shape index (κ2) is 6.98. The summed E-state index contributed by atoms with van der Waals surface area (Å²) >= 11 is 1.64. The van der Waals surface area contributed by atoms with E-state index in [0.29, 0.717) is 11.1 Å². The fourth-order valence-electron chi connectivity index (χ4n) is 1.93. The van der Waals surface area contributed by atoms with E-state index >= 15 is 0 Å². The number of benzene rings is 2. The highest BCUT2D eigenvalue weighted by Crippen LogP contribution is 2.18. The Balaban J connectivity index is 2.05. The van der Waals surface area contributed by atoms with Crippen LogP contribution in [0.4, 0.5) is 5.69 Å². The van der Waals surface area contributed by atoms with Crippen molar-refractivity contribution in [2.75, 3.05) is 17.8 Å². The quantitative estimate of drug-likeness (QED) is 0.852. The van der Waals surface area contributed by atoms with Crippen molar-refractivity contribution in [3.05, 3.63) is 59.7 Å². The van der Waals surface area contributed by atoms with Crippen LogP contribution in [-0.2, 0) is 15.6 Å². The molecule has 0 atom stereocenters. The first-order valence-electron chi connectivity index (χ1n) is 6.59. The van der Waals surface area contributed by atoms with Crippen LogP contribution in [0.5, 0.6) is 0 Å². The SMILES string of the molecule is CSc1ccc(NC(=O)c2ccc(CS(C)(=O)=O)cc2)cc1. The molecule has 22 heavy (non-hydrogen) atoms. The molecule has 0 aliphatic carbocycles. The van der Waals surface area contributed by atoms with Crippen molar-refractivity contribution in [1.29, 1.82) is 0 Å². The van der Waals surface area contributed by atoms with Gasteiger partial charge in [0.05, 0.1) is 5.75 Å². The number of rotatable bonds is 5. The van der Waals surface area contributed by atoms with Gasteiger partial charge in [-0.1, -0.05) is 12.1 Å². The molecule has 4 nitrogen and oxygen atoms in total. The minimum atomic E-state index is -3.07. The molecule has 0 radical (unpaired) electrons. The van der Waals surface area contributed by atoms with Crippen molar-refractivity contribution in [2.24, 2.45) is 0 Å². The Bertz CT molecular complexity index is 751. The van der Waals surface area contributed by atoms with Crippen LogP contribution in [0.25, 0.3) is 0 Å². The van der Waals surface area contributed by atoms with Crippen molar-refractivity contribution in [1.82, 2.24) is 0 Å². The molecule has 2 aromatic rings. The molecule has 2 aromatic carbocycles. The Hall–Kier alpha value is -1.79. The topological polar surface area (TPSA) is 63.2 Å². The maximum absolute atomic E-state index is 12.1. The van der Waals surface area contributed by atoms with E-state index in [1.165, 1.54) is 6.26 Å². The van der Waals surface area contributed by atoms with Crippen molar-refractivity contribution < 1.29 is 13.2 Å². The summed E-state index contributed by atoms with van der Waals surface area (Å²) in [5, 5.41) is 2.81. The van der Waals surface area contributed by atoms with Crippen molar-refractivity contribution in [3.8, 4) is 0 Å². The fraction of sp³-hybridized carbons (Fsp3) is 0.188. The molecule has 0 saturated carbocycles. The number of carbonyl (C=O) groups excluding carboxylic acids is 1. The van der Waals surface area contributed by atoms with Gasteiger partial charge >= 0.3 is 0 Å². The number of nitrogens with one attached hydrogen (secondary N) is 1. The third-order valence-corrected chi connectivity index (χ3v) is 4.59. The lowest BCUT2D eigenvalue weighted by Crippen LogP contribution is -2.12. The Kier molecular flexibility index (Phi) is 5.26. The van der Waals surface area contributed by atoms with Gasteiger partial charge in [0.15, 0.2) is 9.84 Å². The molecule has 0 unspecified atom stereocenters. The predicted octanol–water partition coefficient (Wildman–Crippen LogP) is 3.21. The summed E-state index contributed by atoms with van der Waals surface area (Å²) < 4.78 is 22.5. The average molecular weight is 335 g/mol. The van der Waals surface area contributed by atoms with E-state index in [1.54, 1.807) is 36.0 Å². The van der Waals surface area contributed by atoms with Crippen LogP contribution in [0.3, 0.4) is 0 Å². The lowest BCUT2D eigenvalue weighted by atomic mass is 10.1. The molecule has 2 rings (SSSR count). The molecular formula is C16H17NO3S2. The Morgan fingerprint density at radius 2 is 1.64 bits per heavy atom. The zero-order valence-electron chi connectivity index (χ0n) is 12.4. The van der Waals surface area contributed by atoms with Gasteiger partial charge < -0.3 is 5.32 Å². The molecule has 1 N–H and O–H groups in total. The first kappa shape index (κ1) is 16.6. The van der Waals surface area contributed by atoms with E-state index < -0.39 is 9.84 Å². The number of sulfone groups is 1. The van der Waals surface area contributed by atoms with Crippen molar-refractivity contribution in [3.63, 3.8) is 0 Å². The van der Waals surface area contributed by atoms with E-state index in [9.17, 15) is 13.2 Å². The molecule has 0 bridgehead atoms. The molecule has 0 aliphatic heterocycles. The molecule has 116 valence electrons. The molecule has 0 heterocycles. The molecule has 1 amide bonds. The van der Waals surface area contributed by atoms with Gasteiger partial charge in [-0.2, -0.15) is 0 Å². The lowest BCUT2D eigenvalue weighted by molar-refractivity contribution is 0.102. The minimum absolute atomic E-state index is 0.0228. The molecule has 6 heteroatoms. The van der Waals surface area contributed by atoms with Crippen LogP contribution in [0.1, 0.15) is 15.9 Å². The van der Waals surface area contributed by atoms with E-state index in [2.05, 4.69) is 5.32 Å². The molecule has 0 spiro atoms. The van der Waals surface area contributed by atoms with Gasteiger partial charge in [0, 0.05) is 22.4 Å². The minimum Gasteiger partial charge on any atom is -0.322 e. The second-order valence-corrected chi connectivity index (χ2v) is 7.97. The number of hydrogen-bond acceptors (Lipinski definition) is 4. The largest absolute Gasteiger partial charge is 0.322 e. The smallest absolute Gasteiger partial charge is 0.255 e. The van der Waals surface area contributed by atoms with Crippen LogP contribution in [0, 0.1) is 0 Å². The van der Waals surface area contributed by atoms with Gasteiger partial charge in [-0.15, -0.1) is 11.8 Å². The standard InChI is InChI=1S/C16H17NO3S2/c1-21-15-9-7-14(8-10-15)17-16(18)13-5-3-12(4-6-13)11-22(2,19)20/h3-10H,11H2,1-2H3,(H,17,18). The monoisotopic (exact) mass is 335 g/mol. The van der Waals surface area contributed by atoms with Crippen LogP contribution in [-0.4, -0.2) is 26.8 Å². The molecule has 0 aromatic heterocycles. The van der Waals surface area contributed by atoms with Gasteiger partial charge in [-0.3, -0.25) is 4.79 Å². The Morgan fingerprint density at radius 1 is 1.05 bits per heavy atom. The number of carbonyl (C=O) groups is 1. The highest BCUT2D eigenvalue weighted by Gasteiger charge is 2.08. The second-order valence-electron chi connectivity index (χ2n) is 4.95. The zero-order valence-corrected chi connectivity index (χ0v) is 14.0. The number of hydrogen-bond donors (Lipinski definition) is 1. The summed E-state index contributed by atoms with van der Waals surface area (Å²) in [5.41, 5.74) is 1.89. The van der Waals surface area contributed by atoms with Gasteiger partial charge in [0.25, 0.3) is 5.91 Å².